The first kappa shape index (κ1) is 31.1. The second-order valence-corrected chi connectivity index (χ2v) is 14.0. The number of benzene rings is 8. The topological polar surface area (TPSA) is 34.2 Å². The molecule has 0 radical (unpaired) electrons. The van der Waals surface area contributed by atoms with Crippen molar-refractivity contribution in [3.05, 3.63) is 200 Å². The van der Waals surface area contributed by atoms with E-state index in [1.165, 1.54) is 43.7 Å². The highest BCUT2D eigenvalue weighted by Crippen LogP contribution is 2.41. The molecule has 0 saturated heterocycles. The van der Waals surface area contributed by atoms with Crippen LogP contribution in [0.4, 0.5) is 17.1 Å². The fraction of sp³-hybridized carbons (Fsp3) is 0. The zero-order chi connectivity index (χ0) is 36.3. The second-order valence-electron chi connectivity index (χ2n) is 14.0. The van der Waals surface area contributed by atoms with Gasteiger partial charge in [0.1, 0.15) is 5.58 Å². The van der Waals surface area contributed by atoms with Gasteiger partial charge in [-0.15, -0.1) is 0 Å². The predicted octanol–water partition coefficient (Wildman–Crippen LogP) is 14.0. The van der Waals surface area contributed by atoms with Crippen molar-refractivity contribution in [3.8, 4) is 27.9 Å². The van der Waals surface area contributed by atoms with Crippen molar-refractivity contribution in [2.75, 3.05) is 4.90 Å². The van der Waals surface area contributed by atoms with E-state index in [1.807, 2.05) is 12.3 Å². The monoisotopic (exact) mass is 703 g/mol. The van der Waals surface area contributed by atoms with Gasteiger partial charge >= 0.3 is 0 Å². The molecule has 0 bridgehead atoms. The highest BCUT2D eigenvalue weighted by atomic mass is 16.3. The molecule has 4 nitrogen and oxygen atoms in total. The number of fused-ring (bicyclic) bond motifs is 7. The van der Waals surface area contributed by atoms with Crippen LogP contribution in [0.1, 0.15) is 0 Å². The van der Waals surface area contributed by atoms with E-state index in [9.17, 15) is 0 Å². The minimum atomic E-state index is 0.783. The molecule has 3 aromatic heterocycles. The summed E-state index contributed by atoms with van der Waals surface area (Å²) in [6, 6.07) is 67.6. The quantitative estimate of drug-likeness (QED) is 0.173. The van der Waals surface area contributed by atoms with Crippen LogP contribution in [-0.2, 0) is 0 Å². The van der Waals surface area contributed by atoms with E-state index in [0.717, 1.165) is 55.8 Å². The Morgan fingerprint density at radius 2 is 1.07 bits per heavy atom. The first-order valence-corrected chi connectivity index (χ1v) is 18.6. The highest BCUT2D eigenvalue weighted by molar-refractivity contribution is 6.09. The number of pyridine rings is 1. The predicted molar refractivity (Wildman–Crippen MR) is 229 cm³/mol. The molecule has 8 aromatic carbocycles. The van der Waals surface area contributed by atoms with E-state index in [4.69, 9.17) is 4.42 Å². The SMILES string of the molecule is c1cc(-c2cccc(-n3c4ccccc4c4ccccc43)c2)cc(N(c2ccc(-c3cccc4ccccc34)cc2)c2ccc3oc4cnccc4c3c2)c1. The third-order valence-electron chi connectivity index (χ3n) is 10.9. The zero-order valence-corrected chi connectivity index (χ0v) is 29.8. The molecule has 11 rings (SSSR count). The Morgan fingerprint density at radius 3 is 1.89 bits per heavy atom. The number of rotatable bonds is 6. The van der Waals surface area contributed by atoms with Gasteiger partial charge in [-0.2, -0.15) is 0 Å². The van der Waals surface area contributed by atoms with Gasteiger partial charge in [0.25, 0.3) is 0 Å². The van der Waals surface area contributed by atoms with E-state index in [2.05, 4.69) is 196 Å². The maximum atomic E-state index is 6.19. The van der Waals surface area contributed by atoms with Crippen LogP contribution >= 0.6 is 0 Å². The van der Waals surface area contributed by atoms with E-state index in [0.29, 0.717) is 0 Å². The number of anilines is 3. The molecule has 0 aliphatic carbocycles. The molecule has 258 valence electrons. The average Bonchev–Trinajstić information content (AvgIpc) is 3.80. The van der Waals surface area contributed by atoms with Crippen molar-refractivity contribution in [1.82, 2.24) is 9.55 Å². The fourth-order valence-corrected chi connectivity index (χ4v) is 8.32. The lowest BCUT2D eigenvalue weighted by atomic mass is 9.98. The molecule has 0 atom stereocenters. The van der Waals surface area contributed by atoms with Crippen LogP contribution in [0, 0.1) is 0 Å². The molecule has 0 N–H and O–H groups in total. The van der Waals surface area contributed by atoms with Gasteiger partial charge in [-0.1, -0.05) is 115 Å². The molecule has 0 spiro atoms. The summed E-state index contributed by atoms with van der Waals surface area (Å²) >= 11 is 0. The zero-order valence-electron chi connectivity index (χ0n) is 29.8. The Labute approximate surface area is 317 Å². The Bertz CT molecular complexity index is 3170. The molecule has 0 amide bonds. The van der Waals surface area contributed by atoms with Gasteiger partial charge in [0.2, 0.25) is 0 Å². The standard InChI is InChI=1S/C51H33N3O/c1-2-16-42-34(10-1)11-9-19-43(42)35-22-24-38(25-23-35)53(41-26-27-50-47(32-41)46-28-29-52-33-51(46)55-50)39-14-7-12-36(30-39)37-13-8-15-40(31-37)54-48-20-5-3-17-44(48)45-18-4-6-21-49(45)54/h1-33H. The average molecular weight is 704 g/mol. The van der Waals surface area contributed by atoms with Crippen molar-refractivity contribution in [2.24, 2.45) is 0 Å². The van der Waals surface area contributed by atoms with Crippen molar-refractivity contribution < 1.29 is 4.42 Å². The summed E-state index contributed by atoms with van der Waals surface area (Å²) in [6.45, 7) is 0. The van der Waals surface area contributed by atoms with Crippen LogP contribution < -0.4 is 4.90 Å². The van der Waals surface area contributed by atoms with Gasteiger partial charge < -0.3 is 13.9 Å². The second kappa shape index (κ2) is 12.6. The molecule has 11 aromatic rings. The van der Waals surface area contributed by atoms with Gasteiger partial charge in [0.15, 0.2) is 5.58 Å². The van der Waals surface area contributed by atoms with E-state index in [-0.39, 0.29) is 0 Å². The van der Waals surface area contributed by atoms with E-state index < -0.39 is 0 Å². The summed E-state index contributed by atoms with van der Waals surface area (Å²) in [6.07, 6.45) is 3.61. The number of hydrogen-bond acceptors (Lipinski definition) is 3. The molecule has 3 heterocycles. The highest BCUT2D eigenvalue weighted by Gasteiger charge is 2.18. The number of aromatic nitrogens is 2. The van der Waals surface area contributed by atoms with Crippen LogP contribution in [0.15, 0.2) is 205 Å². The summed E-state index contributed by atoms with van der Waals surface area (Å²) in [7, 11) is 0. The molecule has 55 heavy (non-hydrogen) atoms. The normalized spacial score (nSPS) is 11.6. The Morgan fingerprint density at radius 1 is 0.418 bits per heavy atom. The Balaban J connectivity index is 1.05. The molecule has 0 saturated carbocycles. The minimum absolute atomic E-state index is 0.783. The first-order chi connectivity index (χ1) is 27.3. The molecule has 4 heteroatoms. The van der Waals surface area contributed by atoms with Crippen LogP contribution in [0.5, 0.6) is 0 Å². The smallest absolute Gasteiger partial charge is 0.153 e. The summed E-state index contributed by atoms with van der Waals surface area (Å²) in [4.78, 5) is 6.64. The van der Waals surface area contributed by atoms with Gasteiger partial charge in [0, 0.05) is 50.5 Å². The van der Waals surface area contributed by atoms with Crippen molar-refractivity contribution >= 4 is 71.6 Å². The summed E-state index contributed by atoms with van der Waals surface area (Å²) in [5.41, 5.74) is 13.0. The van der Waals surface area contributed by atoms with Crippen LogP contribution in [0.3, 0.4) is 0 Å². The molecule has 0 aliphatic rings. The molecular weight excluding hydrogens is 671 g/mol. The number of nitrogens with zero attached hydrogens (tertiary/aromatic N) is 3. The van der Waals surface area contributed by atoms with Crippen LogP contribution in [-0.4, -0.2) is 9.55 Å². The third-order valence-corrected chi connectivity index (χ3v) is 10.9. The fourth-order valence-electron chi connectivity index (χ4n) is 8.32. The van der Waals surface area contributed by atoms with E-state index in [1.54, 1.807) is 6.20 Å². The number of hydrogen-bond donors (Lipinski definition) is 0. The molecular formula is C51H33N3O. The van der Waals surface area contributed by atoms with E-state index >= 15 is 0 Å². The molecule has 0 fully saturated rings. The molecule has 0 unspecified atom stereocenters. The lowest BCUT2D eigenvalue weighted by molar-refractivity contribution is 0.667. The summed E-state index contributed by atoms with van der Waals surface area (Å²) < 4.78 is 8.56. The van der Waals surface area contributed by atoms with Crippen LogP contribution in [0.2, 0.25) is 0 Å². The number of furan rings is 1. The Kier molecular flexibility index (Phi) is 7.14. The maximum absolute atomic E-state index is 6.19. The van der Waals surface area contributed by atoms with Crippen molar-refractivity contribution in [2.45, 2.75) is 0 Å². The largest absolute Gasteiger partial charge is 0.454 e. The lowest BCUT2D eigenvalue weighted by Crippen LogP contribution is -2.10. The third kappa shape index (κ3) is 5.19. The lowest BCUT2D eigenvalue weighted by Gasteiger charge is -2.26. The van der Waals surface area contributed by atoms with Crippen molar-refractivity contribution in [1.29, 1.82) is 0 Å². The number of para-hydroxylation sites is 2. The van der Waals surface area contributed by atoms with Crippen LogP contribution in [0.25, 0.3) is 82.5 Å². The van der Waals surface area contributed by atoms with Gasteiger partial charge in [-0.25, -0.2) is 0 Å². The Hall–Kier alpha value is -7.43. The molecule has 0 aliphatic heterocycles. The first-order valence-electron chi connectivity index (χ1n) is 18.6. The summed E-state index contributed by atoms with van der Waals surface area (Å²) in [5, 5.41) is 7.10. The summed E-state index contributed by atoms with van der Waals surface area (Å²) in [5.74, 6) is 0. The maximum Gasteiger partial charge on any atom is 0.153 e. The van der Waals surface area contributed by atoms with Crippen molar-refractivity contribution in [3.63, 3.8) is 0 Å². The van der Waals surface area contributed by atoms with Gasteiger partial charge in [-0.3, -0.25) is 4.98 Å². The van der Waals surface area contributed by atoms with Gasteiger partial charge in [-0.05, 0) is 106 Å². The van der Waals surface area contributed by atoms with Gasteiger partial charge in [0.05, 0.1) is 17.2 Å². The minimum Gasteiger partial charge on any atom is -0.454 e.